The van der Waals surface area contributed by atoms with Gasteiger partial charge in [-0.1, -0.05) is 158 Å². The Morgan fingerprint density at radius 3 is 1.25 bits per heavy atom. The summed E-state index contributed by atoms with van der Waals surface area (Å²) in [6.45, 7) is 0. The summed E-state index contributed by atoms with van der Waals surface area (Å²) in [6.07, 6.45) is 0. The van der Waals surface area contributed by atoms with E-state index in [1.165, 1.54) is 36.3 Å². The van der Waals surface area contributed by atoms with Gasteiger partial charge in [-0.15, -0.1) is 5.30 Å². The summed E-state index contributed by atoms with van der Waals surface area (Å²) in [7, 11) is -1.29. The highest BCUT2D eigenvalue weighted by Gasteiger charge is 2.19. The summed E-state index contributed by atoms with van der Waals surface area (Å²) < 4.78 is 1.25. The minimum absolute atomic E-state index is 0.645. The Morgan fingerprint density at radius 2 is 0.844 bits per heavy atom. The van der Waals surface area contributed by atoms with Crippen LogP contribution in [-0.2, 0) is 0 Å². The van der Waals surface area contributed by atoms with Crippen LogP contribution in [0.1, 0.15) is 0 Å². The van der Waals surface area contributed by atoms with E-state index >= 15 is 0 Å². The van der Waals surface area contributed by atoms with Gasteiger partial charge in [-0.05, 0) is 21.2 Å². The van der Waals surface area contributed by atoms with Crippen molar-refractivity contribution in [3.8, 4) is 0 Å². The maximum absolute atomic E-state index is 4.07. The van der Waals surface area contributed by atoms with Gasteiger partial charge in [0.25, 0.3) is 0 Å². The molecule has 5 aromatic carbocycles. The van der Waals surface area contributed by atoms with Crippen LogP contribution in [0.4, 0.5) is 0 Å². The molecule has 0 heterocycles. The van der Waals surface area contributed by atoms with Crippen LogP contribution in [-0.4, -0.2) is 0 Å². The van der Waals surface area contributed by atoms with Crippen molar-refractivity contribution in [1.29, 1.82) is 0 Å². The molecular weight excluding hydrogens is 490 g/mol. The minimum atomic E-state index is -0.645. The van der Waals surface area contributed by atoms with E-state index in [-0.39, 0.29) is 0 Å². The Bertz CT molecular complexity index is 1090. The van der Waals surface area contributed by atoms with Crippen LogP contribution >= 0.6 is 31.8 Å². The average molecular weight is 512 g/mol. The lowest BCUT2D eigenvalue weighted by atomic mass is 10.4. The molecule has 0 aromatic heterocycles. The Labute approximate surface area is 201 Å². The molecule has 0 bridgehead atoms. The second kappa shape index (κ2) is 10.0. The van der Waals surface area contributed by atoms with Gasteiger partial charge in [0.05, 0.1) is 0 Å². The third-order valence-corrected chi connectivity index (χ3v) is 11.8. The maximum atomic E-state index is 4.07. The highest BCUT2D eigenvalue weighted by molar-refractivity contribution is 9.11. The van der Waals surface area contributed by atoms with Gasteiger partial charge in [0.2, 0.25) is 0 Å². The molecule has 0 fully saturated rings. The van der Waals surface area contributed by atoms with Gasteiger partial charge in [-0.2, -0.15) is 11.4 Å². The second-order valence-electron chi connectivity index (χ2n) is 7.43. The normalized spacial score (nSPS) is 11.2. The lowest BCUT2D eigenvalue weighted by Crippen LogP contribution is -2.24. The summed E-state index contributed by atoms with van der Waals surface area (Å²) >= 11 is 4.07. The molecule has 5 aromatic rings. The first kappa shape index (κ1) is 21.4. The summed E-state index contributed by atoms with van der Waals surface area (Å²) in [4.78, 5) is 0. The fourth-order valence-electron chi connectivity index (χ4n) is 3.94. The topological polar surface area (TPSA) is 0 Å². The quantitative estimate of drug-likeness (QED) is 0.203. The van der Waals surface area contributed by atoms with Gasteiger partial charge in [-0.3, -0.25) is 0 Å². The molecule has 0 atom stereocenters. The van der Waals surface area contributed by atoms with Crippen LogP contribution in [0.25, 0.3) is 0 Å². The molecule has 0 nitrogen and oxygen atoms in total. The van der Waals surface area contributed by atoms with E-state index in [0.717, 1.165) is 0 Å². The van der Waals surface area contributed by atoms with Gasteiger partial charge < -0.3 is 0 Å². The molecular formula is C29H22BrP2-. The zero-order valence-electron chi connectivity index (χ0n) is 17.5. The number of hydrogen-bond donors (Lipinski definition) is 0. The van der Waals surface area contributed by atoms with Crippen molar-refractivity contribution in [2.24, 2.45) is 0 Å². The molecule has 0 aliphatic heterocycles. The van der Waals surface area contributed by atoms with Crippen molar-refractivity contribution in [3.05, 3.63) is 138 Å². The SMILES string of the molecule is Brc1c(P(c2ccccc2)c2ccccc2)cc[c-]1P(c1ccccc1)c1ccccc1. The second-order valence-corrected chi connectivity index (χ2v) is 12.6. The lowest BCUT2D eigenvalue weighted by molar-refractivity contribution is 1.75. The van der Waals surface area contributed by atoms with E-state index in [9.17, 15) is 0 Å². The van der Waals surface area contributed by atoms with Gasteiger partial charge >= 0.3 is 0 Å². The van der Waals surface area contributed by atoms with Crippen LogP contribution in [0.3, 0.4) is 0 Å². The van der Waals surface area contributed by atoms with Gasteiger partial charge in [0.15, 0.2) is 0 Å². The highest BCUT2D eigenvalue weighted by atomic mass is 79.9. The molecule has 5 rings (SSSR count). The number of halogens is 1. The molecule has 0 spiro atoms. The van der Waals surface area contributed by atoms with Crippen LogP contribution < -0.4 is 31.8 Å². The largest absolute Gasteiger partial charge is 0.204 e. The highest BCUT2D eigenvalue weighted by Crippen LogP contribution is 2.41. The van der Waals surface area contributed by atoms with E-state index < -0.39 is 15.8 Å². The number of hydrogen-bond acceptors (Lipinski definition) is 0. The minimum Gasteiger partial charge on any atom is -0.204 e. The fourth-order valence-corrected chi connectivity index (χ4v) is 10.0. The Kier molecular flexibility index (Phi) is 6.70. The van der Waals surface area contributed by atoms with E-state index in [2.05, 4.69) is 149 Å². The van der Waals surface area contributed by atoms with Crippen molar-refractivity contribution in [3.63, 3.8) is 0 Å². The zero-order valence-corrected chi connectivity index (χ0v) is 20.8. The zero-order chi connectivity index (χ0) is 21.8. The summed E-state index contributed by atoms with van der Waals surface area (Å²) in [6, 6.07) is 48.3. The third kappa shape index (κ3) is 4.39. The molecule has 3 heteroatoms. The smallest absolute Gasteiger partial charge is 0.0269 e. The Morgan fingerprint density at radius 1 is 0.469 bits per heavy atom. The fraction of sp³-hybridized carbons (Fsp3) is 0. The standard InChI is InChI=1S/C29H22BrP2/c30-29-27(31(23-13-5-1-6-14-23)24-15-7-2-8-16-24)21-22-28(29)32(25-17-9-3-10-18-25)26-19-11-4-12-20-26/h1-22H/q-1. The van der Waals surface area contributed by atoms with Gasteiger partial charge in [0, 0.05) is 0 Å². The predicted octanol–water partition coefficient (Wildman–Crippen LogP) is 5.68. The molecule has 0 unspecified atom stereocenters. The Balaban J connectivity index is 1.66. The van der Waals surface area contributed by atoms with E-state index in [1.807, 2.05) is 0 Å². The number of benzene rings is 4. The number of rotatable bonds is 6. The molecule has 156 valence electrons. The first-order chi connectivity index (χ1) is 15.8. The van der Waals surface area contributed by atoms with Crippen molar-refractivity contribution in [2.45, 2.75) is 0 Å². The van der Waals surface area contributed by atoms with Crippen LogP contribution in [0.15, 0.2) is 138 Å². The summed E-state index contributed by atoms with van der Waals surface area (Å²) in [5, 5.41) is 8.25. The van der Waals surface area contributed by atoms with Crippen LogP contribution in [0.2, 0.25) is 0 Å². The first-order valence-electron chi connectivity index (χ1n) is 10.6. The average Bonchev–Trinajstić information content (AvgIpc) is 3.23. The van der Waals surface area contributed by atoms with Gasteiger partial charge in [-0.25, -0.2) is 6.07 Å². The van der Waals surface area contributed by atoms with Crippen LogP contribution in [0, 0.1) is 0 Å². The van der Waals surface area contributed by atoms with E-state index in [0.29, 0.717) is 0 Å². The van der Waals surface area contributed by atoms with Crippen molar-refractivity contribution < 1.29 is 0 Å². The van der Waals surface area contributed by atoms with E-state index in [4.69, 9.17) is 0 Å². The summed E-state index contributed by atoms with van der Waals surface area (Å²) in [5.74, 6) is 0. The van der Waals surface area contributed by atoms with Crippen LogP contribution in [0.5, 0.6) is 0 Å². The Hall–Kier alpha value is -2.43. The lowest BCUT2D eigenvalue weighted by Gasteiger charge is -2.27. The van der Waals surface area contributed by atoms with Crippen molar-refractivity contribution in [2.75, 3.05) is 0 Å². The molecule has 0 saturated carbocycles. The molecule has 0 amide bonds. The maximum Gasteiger partial charge on any atom is -0.0269 e. The van der Waals surface area contributed by atoms with Gasteiger partial charge in [0.1, 0.15) is 0 Å². The molecule has 0 aliphatic rings. The monoisotopic (exact) mass is 511 g/mol. The summed E-state index contributed by atoms with van der Waals surface area (Å²) in [5.41, 5.74) is 0. The van der Waals surface area contributed by atoms with E-state index in [1.54, 1.807) is 0 Å². The third-order valence-electron chi connectivity index (χ3n) is 5.39. The van der Waals surface area contributed by atoms with Crippen molar-refractivity contribution in [1.82, 2.24) is 0 Å². The predicted molar refractivity (Wildman–Crippen MR) is 147 cm³/mol. The molecule has 32 heavy (non-hydrogen) atoms. The molecule has 0 aliphatic carbocycles. The molecule has 0 radical (unpaired) electrons. The molecule has 0 saturated heterocycles. The van der Waals surface area contributed by atoms with Crippen molar-refractivity contribution >= 4 is 63.6 Å². The first-order valence-corrected chi connectivity index (χ1v) is 14.1. The molecule has 0 N–H and O–H groups in total.